The zero-order valence-electron chi connectivity index (χ0n) is 12.8. The fraction of sp³-hybridized carbons (Fsp3) is 0.750. The summed E-state index contributed by atoms with van der Waals surface area (Å²) in [7, 11) is 0. The summed E-state index contributed by atoms with van der Waals surface area (Å²) in [6.45, 7) is 7.15. The molecule has 0 radical (unpaired) electrons. The molecule has 0 bridgehead atoms. The van der Waals surface area contributed by atoms with Crippen molar-refractivity contribution < 1.29 is 19.1 Å². The summed E-state index contributed by atoms with van der Waals surface area (Å²) in [5.41, 5.74) is 1.52. The number of carbonyl (C=O) groups excluding carboxylic acids is 2. The molecule has 0 N–H and O–H groups in total. The van der Waals surface area contributed by atoms with E-state index in [1.165, 1.54) is 19.4 Å². The van der Waals surface area contributed by atoms with Gasteiger partial charge in [-0.15, -0.1) is 0 Å². The Morgan fingerprint density at radius 2 is 1.85 bits per heavy atom. The average Bonchev–Trinajstić information content (AvgIpc) is 2.68. The molecule has 0 unspecified atom stereocenters. The van der Waals surface area contributed by atoms with Gasteiger partial charge in [-0.2, -0.15) is 0 Å². The van der Waals surface area contributed by atoms with Crippen molar-refractivity contribution in [2.45, 2.75) is 65.6 Å². The van der Waals surface area contributed by atoms with Crippen molar-refractivity contribution in [2.24, 2.45) is 11.3 Å². The van der Waals surface area contributed by atoms with E-state index < -0.39 is 0 Å². The lowest BCUT2D eigenvalue weighted by Gasteiger charge is -2.45. The lowest BCUT2D eigenvalue weighted by atomic mass is 9.65. The van der Waals surface area contributed by atoms with Crippen LogP contribution in [0, 0.1) is 11.3 Å². The quantitative estimate of drug-likeness (QED) is 0.576. The second kappa shape index (κ2) is 5.58. The number of carbonyl (C=O) groups is 2. The highest BCUT2D eigenvalue weighted by Crippen LogP contribution is 2.56. The number of rotatable bonds is 2. The van der Waals surface area contributed by atoms with E-state index in [0.29, 0.717) is 0 Å². The van der Waals surface area contributed by atoms with Crippen molar-refractivity contribution in [1.29, 1.82) is 0 Å². The van der Waals surface area contributed by atoms with E-state index in [4.69, 9.17) is 9.47 Å². The van der Waals surface area contributed by atoms with Crippen molar-refractivity contribution >= 4 is 11.9 Å². The number of esters is 2. The van der Waals surface area contributed by atoms with Gasteiger partial charge in [-0.1, -0.05) is 18.6 Å². The standard InChI is InChI=1S/C16H24O4/c1-5-12-6-7-13-15(20-11(3)18)14(19-10(2)17)8-9-16(12,13)4/h5,13-15H,6-9H2,1-4H3/b12-5-/t13-,14-,15+,16+/m0/s1. The van der Waals surface area contributed by atoms with Crippen LogP contribution in [0.15, 0.2) is 11.6 Å². The number of hydrogen-bond donors (Lipinski definition) is 0. The van der Waals surface area contributed by atoms with E-state index in [1.54, 1.807) is 0 Å². The summed E-state index contributed by atoms with van der Waals surface area (Å²) in [4.78, 5) is 22.7. The SMILES string of the molecule is C/C=C1/CC[C@H]2[C@@H](OC(C)=O)[C@@H](OC(C)=O)CC[C@]12C. The maximum atomic E-state index is 11.4. The van der Waals surface area contributed by atoms with Crippen LogP contribution in [0.5, 0.6) is 0 Å². The molecule has 0 amide bonds. The third-order valence-corrected chi connectivity index (χ3v) is 4.96. The zero-order valence-corrected chi connectivity index (χ0v) is 12.8. The van der Waals surface area contributed by atoms with Crippen molar-refractivity contribution in [3.05, 3.63) is 11.6 Å². The monoisotopic (exact) mass is 280 g/mol. The maximum absolute atomic E-state index is 11.4. The fourth-order valence-electron chi connectivity index (χ4n) is 4.05. The van der Waals surface area contributed by atoms with Crippen molar-refractivity contribution in [1.82, 2.24) is 0 Å². The predicted molar refractivity (Wildman–Crippen MR) is 74.9 cm³/mol. The summed E-state index contributed by atoms with van der Waals surface area (Å²) in [6, 6.07) is 0. The summed E-state index contributed by atoms with van der Waals surface area (Å²) in [5, 5.41) is 0. The first-order chi connectivity index (χ1) is 9.38. The van der Waals surface area contributed by atoms with Gasteiger partial charge >= 0.3 is 11.9 Å². The molecule has 0 aliphatic heterocycles. The minimum atomic E-state index is -0.312. The third-order valence-electron chi connectivity index (χ3n) is 4.96. The molecule has 0 spiro atoms. The molecule has 2 fully saturated rings. The Bertz CT molecular complexity index is 440. The number of allylic oxidation sites excluding steroid dienone is 2. The highest BCUT2D eigenvalue weighted by Gasteiger charge is 2.53. The summed E-state index contributed by atoms with van der Waals surface area (Å²) in [6.07, 6.45) is 5.35. The molecule has 20 heavy (non-hydrogen) atoms. The molecule has 2 saturated carbocycles. The molecule has 0 aromatic heterocycles. The van der Waals surface area contributed by atoms with Crippen molar-refractivity contribution in [3.8, 4) is 0 Å². The van der Waals surface area contributed by atoms with Gasteiger partial charge in [-0.3, -0.25) is 9.59 Å². The predicted octanol–water partition coefficient (Wildman–Crippen LogP) is 3.01. The summed E-state index contributed by atoms with van der Waals surface area (Å²) in [5.74, 6) is -0.360. The molecule has 4 atom stereocenters. The molecule has 4 nitrogen and oxygen atoms in total. The van der Waals surface area contributed by atoms with Crippen molar-refractivity contribution in [3.63, 3.8) is 0 Å². The normalized spacial score (nSPS) is 38.4. The Hall–Kier alpha value is -1.32. The van der Waals surface area contributed by atoms with Crippen LogP contribution in [-0.2, 0) is 19.1 Å². The van der Waals surface area contributed by atoms with Gasteiger partial charge in [0.2, 0.25) is 0 Å². The van der Waals surface area contributed by atoms with E-state index >= 15 is 0 Å². The van der Waals surface area contributed by atoms with Gasteiger partial charge in [-0.05, 0) is 38.0 Å². The second-order valence-electron chi connectivity index (χ2n) is 6.14. The molecule has 0 aromatic carbocycles. The molecule has 2 aliphatic rings. The lowest BCUT2D eigenvalue weighted by Crippen LogP contribution is -2.49. The number of fused-ring (bicyclic) bond motifs is 1. The van der Waals surface area contributed by atoms with E-state index in [9.17, 15) is 9.59 Å². The fourth-order valence-corrected chi connectivity index (χ4v) is 4.05. The van der Waals surface area contributed by atoms with Gasteiger partial charge in [-0.25, -0.2) is 0 Å². The number of hydrogen-bond acceptors (Lipinski definition) is 4. The van der Waals surface area contributed by atoms with Crippen molar-refractivity contribution in [2.75, 3.05) is 0 Å². The van der Waals surface area contributed by atoms with Crippen LogP contribution in [0.25, 0.3) is 0 Å². The molecule has 0 heterocycles. The van der Waals surface area contributed by atoms with Crippen LogP contribution < -0.4 is 0 Å². The Kier molecular flexibility index (Phi) is 4.21. The molecule has 2 aliphatic carbocycles. The first-order valence-corrected chi connectivity index (χ1v) is 7.38. The Balaban J connectivity index is 2.27. The van der Waals surface area contributed by atoms with E-state index in [2.05, 4.69) is 19.9 Å². The Labute approximate surface area is 120 Å². The lowest BCUT2D eigenvalue weighted by molar-refractivity contribution is -0.180. The van der Waals surface area contributed by atoms with E-state index in [0.717, 1.165) is 25.7 Å². The minimum Gasteiger partial charge on any atom is -0.459 e. The zero-order chi connectivity index (χ0) is 14.9. The highest BCUT2D eigenvalue weighted by atomic mass is 16.6. The Morgan fingerprint density at radius 1 is 1.20 bits per heavy atom. The second-order valence-corrected chi connectivity index (χ2v) is 6.14. The molecular formula is C16H24O4. The van der Waals surface area contributed by atoms with Crippen LogP contribution in [0.2, 0.25) is 0 Å². The van der Waals surface area contributed by atoms with Gasteiger partial charge < -0.3 is 9.47 Å². The first kappa shape index (κ1) is 15.1. The summed E-state index contributed by atoms with van der Waals surface area (Å²) < 4.78 is 10.9. The number of ether oxygens (including phenoxy) is 2. The average molecular weight is 280 g/mol. The van der Waals surface area contributed by atoms with Gasteiger partial charge in [0.05, 0.1) is 0 Å². The van der Waals surface area contributed by atoms with E-state index in [1.807, 2.05) is 0 Å². The highest BCUT2D eigenvalue weighted by molar-refractivity contribution is 5.67. The van der Waals surface area contributed by atoms with Gasteiger partial charge in [0.15, 0.2) is 0 Å². The van der Waals surface area contributed by atoms with Crippen LogP contribution >= 0.6 is 0 Å². The third kappa shape index (κ3) is 2.60. The molecule has 4 heteroatoms. The molecule has 2 rings (SSSR count). The van der Waals surface area contributed by atoms with E-state index in [-0.39, 0.29) is 35.5 Å². The largest absolute Gasteiger partial charge is 0.459 e. The van der Waals surface area contributed by atoms with Crippen LogP contribution in [0.3, 0.4) is 0 Å². The van der Waals surface area contributed by atoms with Gasteiger partial charge in [0.25, 0.3) is 0 Å². The smallest absolute Gasteiger partial charge is 0.303 e. The molecule has 0 aromatic rings. The Morgan fingerprint density at radius 3 is 2.40 bits per heavy atom. The first-order valence-electron chi connectivity index (χ1n) is 7.38. The van der Waals surface area contributed by atoms with Gasteiger partial charge in [0.1, 0.15) is 12.2 Å². The molecular weight excluding hydrogens is 256 g/mol. The minimum absolute atomic E-state index is 0.0749. The van der Waals surface area contributed by atoms with Gasteiger partial charge in [0, 0.05) is 19.8 Å². The van der Waals surface area contributed by atoms with Crippen LogP contribution in [0.4, 0.5) is 0 Å². The summed E-state index contributed by atoms with van der Waals surface area (Å²) >= 11 is 0. The molecule has 112 valence electrons. The maximum Gasteiger partial charge on any atom is 0.303 e. The topological polar surface area (TPSA) is 52.6 Å². The van der Waals surface area contributed by atoms with Crippen LogP contribution in [0.1, 0.15) is 53.4 Å². The molecule has 0 saturated heterocycles. The van der Waals surface area contributed by atoms with Crippen LogP contribution in [-0.4, -0.2) is 24.1 Å².